The Hall–Kier alpha value is -1.92. The van der Waals surface area contributed by atoms with Gasteiger partial charge in [0.15, 0.2) is 0 Å². The first kappa shape index (κ1) is 14.0. The average molecular weight is 303 g/mol. The number of benzene rings is 1. The highest BCUT2D eigenvalue weighted by molar-refractivity contribution is 7.16. The van der Waals surface area contributed by atoms with Crippen molar-refractivity contribution in [2.45, 2.75) is 26.4 Å². The van der Waals surface area contributed by atoms with Crippen LogP contribution in [0.2, 0.25) is 0 Å². The average Bonchev–Trinajstić information content (AvgIpc) is 3.04. The summed E-state index contributed by atoms with van der Waals surface area (Å²) in [5.41, 5.74) is 2.41. The molecule has 0 radical (unpaired) electrons. The second kappa shape index (κ2) is 5.83. The Kier molecular flexibility index (Phi) is 3.90. The van der Waals surface area contributed by atoms with Crippen LogP contribution in [0.1, 0.15) is 24.0 Å². The molecule has 2 heterocycles. The number of hydrogen-bond acceptors (Lipinski definition) is 5. The molecule has 0 amide bonds. The van der Waals surface area contributed by atoms with Crippen molar-refractivity contribution < 1.29 is 9.84 Å². The van der Waals surface area contributed by atoms with Gasteiger partial charge in [0.2, 0.25) is 4.96 Å². The maximum atomic E-state index is 9.70. The van der Waals surface area contributed by atoms with Crippen molar-refractivity contribution in [2.75, 3.05) is 7.11 Å². The van der Waals surface area contributed by atoms with Gasteiger partial charge >= 0.3 is 0 Å². The molecule has 0 atom stereocenters. The lowest BCUT2D eigenvalue weighted by Crippen LogP contribution is -1.97. The fourth-order valence-electron chi connectivity index (χ4n) is 2.29. The number of fused-ring (bicyclic) bond motifs is 1. The van der Waals surface area contributed by atoms with Crippen molar-refractivity contribution >= 4 is 16.3 Å². The van der Waals surface area contributed by atoms with Crippen LogP contribution in [-0.2, 0) is 13.0 Å². The molecule has 110 valence electrons. The highest BCUT2D eigenvalue weighted by Crippen LogP contribution is 2.29. The Morgan fingerprint density at radius 1 is 1.38 bits per heavy atom. The van der Waals surface area contributed by atoms with Crippen LogP contribution in [0.5, 0.6) is 5.75 Å². The van der Waals surface area contributed by atoms with Crippen LogP contribution in [0, 0.1) is 0 Å². The van der Waals surface area contributed by atoms with Gasteiger partial charge in [-0.25, -0.2) is 9.50 Å². The number of aryl methyl sites for hydroxylation is 1. The van der Waals surface area contributed by atoms with E-state index in [1.807, 2.05) is 24.3 Å². The van der Waals surface area contributed by atoms with Crippen molar-refractivity contribution in [3.8, 4) is 17.0 Å². The molecule has 3 aromatic rings. The first-order chi connectivity index (χ1) is 10.3. The second-order valence-corrected chi connectivity index (χ2v) is 5.78. The van der Waals surface area contributed by atoms with Crippen LogP contribution >= 0.6 is 11.3 Å². The zero-order chi connectivity index (χ0) is 14.8. The fourth-order valence-corrected chi connectivity index (χ4v) is 3.30. The van der Waals surface area contributed by atoms with Gasteiger partial charge in [-0.05, 0) is 18.6 Å². The number of nitrogens with zero attached hydrogens (tertiary/aromatic N) is 3. The van der Waals surface area contributed by atoms with E-state index in [-0.39, 0.29) is 6.61 Å². The van der Waals surface area contributed by atoms with Gasteiger partial charge < -0.3 is 9.84 Å². The van der Waals surface area contributed by atoms with E-state index in [1.165, 1.54) is 0 Å². The quantitative estimate of drug-likeness (QED) is 0.787. The molecule has 21 heavy (non-hydrogen) atoms. The third kappa shape index (κ3) is 2.52. The summed E-state index contributed by atoms with van der Waals surface area (Å²) in [7, 11) is 1.64. The predicted octanol–water partition coefficient (Wildman–Crippen LogP) is 2.91. The number of aliphatic hydroxyl groups excluding tert-OH is 1. The minimum absolute atomic E-state index is 0.0942. The van der Waals surface area contributed by atoms with Crippen LogP contribution in [0.25, 0.3) is 16.2 Å². The summed E-state index contributed by atoms with van der Waals surface area (Å²) in [5.74, 6) is 0.771. The number of aliphatic hydroxyl groups is 1. The minimum Gasteiger partial charge on any atom is -0.497 e. The largest absolute Gasteiger partial charge is 0.497 e. The third-order valence-corrected chi connectivity index (χ3v) is 4.26. The number of methoxy groups -OCH3 is 1. The van der Waals surface area contributed by atoms with Crippen LogP contribution in [0.15, 0.2) is 24.3 Å². The Bertz CT molecular complexity index is 763. The maximum Gasteiger partial charge on any atom is 0.213 e. The summed E-state index contributed by atoms with van der Waals surface area (Å²) in [5, 5.41) is 15.3. The first-order valence-corrected chi connectivity index (χ1v) is 7.71. The van der Waals surface area contributed by atoms with Gasteiger partial charge in [0, 0.05) is 12.0 Å². The number of rotatable bonds is 5. The molecular formula is C15H17N3O2S. The van der Waals surface area contributed by atoms with Crippen molar-refractivity contribution in [1.29, 1.82) is 0 Å². The molecule has 5 nitrogen and oxygen atoms in total. The standard InChI is InChI=1S/C15H17N3O2S/c1-3-5-13-17-18-12(9-19)14(16-15(18)21-13)10-6-4-7-11(8-10)20-2/h4,6-8,19H,3,5,9H2,1-2H3. The van der Waals surface area contributed by atoms with Crippen LogP contribution in [0.3, 0.4) is 0 Å². The first-order valence-electron chi connectivity index (χ1n) is 6.89. The fraction of sp³-hybridized carbons (Fsp3) is 0.333. The number of ether oxygens (including phenoxy) is 1. The summed E-state index contributed by atoms with van der Waals surface area (Å²) < 4.78 is 7.00. The summed E-state index contributed by atoms with van der Waals surface area (Å²) in [6.07, 6.45) is 1.99. The van der Waals surface area contributed by atoms with Crippen molar-refractivity contribution in [3.63, 3.8) is 0 Å². The Labute approximate surface area is 126 Å². The molecule has 0 aliphatic heterocycles. The monoisotopic (exact) mass is 303 g/mol. The van der Waals surface area contributed by atoms with Crippen molar-refractivity contribution in [3.05, 3.63) is 35.0 Å². The molecule has 0 aliphatic rings. The zero-order valence-corrected chi connectivity index (χ0v) is 12.9. The van der Waals surface area contributed by atoms with E-state index in [9.17, 15) is 5.11 Å². The number of hydrogen-bond donors (Lipinski definition) is 1. The van der Waals surface area contributed by atoms with E-state index in [1.54, 1.807) is 23.0 Å². The Balaban J connectivity index is 2.11. The lowest BCUT2D eigenvalue weighted by molar-refractivity contribution is 0.275. The number of imidazole rings is 1. The van der Waals surface area contributed by atoms with E-state index in [2.05, 4.69) is 17.0 Å². The molecule has 0 spiro atoms. The lowest BCUT2D eigenvalue weighted by Gasteiger charge is -2.04. The summed E-state index contributed by atoms with van der Waals surface area (Å²) in [4.78, 5) is 5.46. The van der Waals surface area contributed by atoms with Gasteiger partial charge in [-0.15, -0.1) is 0 Å². The minimum atomic E-state index is -0.0942. The highest BCUT2D eigenvalue weighted by Gasteiger charge is 2.17. The molecule has 1 N–H and O–H groups in total. The molecule has 0 aliphatic carbocycles. The molecule has 1 aromatic carbocycles. The molecule has 0 unspecified atom stereocenters. The normalized spacial score (nSPS) is 11.2. The van der Waals surface area contributed by atoms with Gasteiger partial charge in [-0.1, -0.05) is 30.4 Å². The van der Waals surface area contributed by atoms with E-state index < -0.39 is 0 Å². The van der Waals surface area contributed by atoms with Crippen LogP contribution < -0.4 is 4.74 Å². The Morgan fingerprint density at radius 2 is 2.24 bits per heavy atom. The Morgan fingerprint density at radius 3 is 2.95 bits per heavy atom. The van der Waals surface area contributed by atoms with E-state index >= 15 is 0 Å². The van der Waals surface area contributed by atoms with Crippen LogP contribution in [-0.4, -0.2) is 26.8 Å². The highest BCUT2D eigenvalue weighted by atomic mass is 32.1. The summed E-state index contributed by atoms with van der Waals surface area (Å²) in [6.45, 7) is 2.03. The topological polar surface area (TPSA) is 59.7 Å². The summed E-state index contributed by atoms with van der Waals surface area (Å²) >= 11 is 1.58. The molecule has 2 aromatic heterocycles. The van der Waals surface area contributed by atoms with Crippen molar-refractivity contribution in [1.82, 2.24) is 14.6 Å². The van der Waals surface area contributed by atoms with Crippen molar-refractivity contribution in [2.24, 2.45) is 0 Å². The second-order valence-electron chi connectivity index (χ2n) is 4.74. The van der Waals surface area contributed by atoms with Gasteiger partial charge in [-0.3, -0.25) is 0 Å². The molecule has 3 rings (SSSR count). The SMILES string of the molecule is CCCc1nn2c(CO)c(-c3cccc(OC)c3)nc2s1. The molecule has 0 fully saturated rings. The van der Waals surface area contributed by atoms with Gasteiger partial charge in [-0.2, -0.15) is 5.10 Å². The molecule has 6 heteroatoms. The smallest absolute Gasteiger partial charge is 0.213 e. The van der Waals surface area contributed by atoms with Gasteiger partial charge in [0.1, 0.15) is 10.8 Å². The predicted molar refractivity (Wildman–Crippen MR) is 82.8 cm³/mol. The molecule has 0 saturated carbocycles. The lowest BCUT2D eigenvalue weighted by atomic mass is 10.1. The van der Waals surface area contributed by atoms with Gasteiger partial charge in [0.05, 0.1) is 25.1 Å². The zero-order valence-electron chi connectivity index (χ0n) is 12.0. The summed E-state index contributed by atoms with van der Waals surface area (Å²) in [6, 6.07) is 7.68. The maximum absolute atomic E-state index is 9.70. The van der Waals surface area contributed by atoms with E-state index in [0.717, 1.165) is 45.5 Å². The molecular weight excluding hydrogens is 286 g/mol. The molecule has 0 saturated heterocycles. The third-order valence-electron chi connectivity index (χ3n) is 3.30. The van der Waals surface area contributed by atoms with E-state index in [0.29, 0.717) is 0 Å². The molecule has 0 bridgehead atoms. The van der Waals surface area contributed by atoms with E-state index in [4.69, 9.17) is 4.74 Å². The van der Waals surface area contributed by atoms with Gasteiger partial charge in [0.25, 0.3) is 0 Å². The number of aromatic nitrogens is 3. The van der Waals surface area contributed by atoms with Crippen LogP contribution in [0.4, 0.5) is 0 Å².